The van der Waals surface area contributed by atoms with Crippen LogP contribution in [0.4, 0.5) is 4.39 Å². The van der Waals surface area contributed by atoms with Crippen molar-refractivity contribution in [2.45, 2.75) is 39.2 Å². The smallest absolute Gasteiger partial charge is 0.329 e. The van der Waals surface area contributed by atoms with Gasteiger partial charge in [0.25, 0.3) is 5.91 Å². The molecule has 22 heavy (non-hydrogen) atoms. The summed E-state index contributed by atoms with van der Waals surface area (Å²) in [4.78, 5) is 24.2. The number of hydrogen-bond acceptors (Lipinski definition) is 3. The number of thiophene rings is 1. The van der Waals surface area contributed by atoms with Crippen LogP contribution in [0.2, 0.25) is 0 Å². The molecule has 2 N–H and O–H groups in total. The highest BCUT2D eigenvalue weighted by Gasteiger charge is 2.35. The fourth-order valence-corrected chi connectivity index (χ4v) is 3.62. The number of aryl methyl sites for hydroxylation is 1. The number of amides is 1. The van der Waals surface area contributed by atoms with Gasteiger partial charge < -0.3 is 10.4 Å². The summed E-state index contributed by atoms with van der Waals surface area (Å²) in [5, 5.41) is 12.3. The first-order valence-corrected chi connectivity index (χ1v) is 7.85. The molecular formula is C16H18FNO3S. The summed E-state index contributed by atoms with van der Waals surface area (Å²) in [6.45, 7) is 5.02. The molecule has 1 aromatic carbocycles. The Morgan fingerprint density at radius 2 is 2.09 bits per heavy atom. The number of carbonyl (C=O) groups is 2. The van der Waals surface area contributed by atoms with Crippen LogP contribution in [0.3, 0.4) is 0 Å². The van der Waals surface area contributed by atoms with Crippen LogP contribution in [-0.2, 0) is 4.79 Å². The third kappa shape index (κ3) is 2.83. The van der Waals surface area contributed by atoms with Gasteiger partial charge in [0.05, 0.1) is 4.88 Å². The number of carboxylic acid groups (broad SMARTS) is 1. The number of aliphatic carboxylic acids is 1. The van der Waals surface area contributed by atoms with Gasteiger partial charge in [-0.15, -0.1) is 11.3 Å². The van der Waals surface area contributed by atoms with Gasteiger partial charge in [0.1, 0.15) is 11.4 Å². The fourth-order valence-electron chi connectivity index (χ4n) is 2.50. The van der Waals surface area contributed by atoms with E-state index in [4.69, 9.17) is 0 Å². The van der Waals surface area contributed by atoms with E-state index in [1.807, 2.05) is 6.92 Å². The number of carboxylic acids is 1. The standard InChI is InChI=1S/C16H18FNO3S/c1-4-8-16(3,15(20)21)18-14(19)13-9(2)12-10(17)6-5-7-11(12)22-13/h5-7H,4,8H2,1-3H3,(H,18,19)(H,20,21). The Morgan fingerprint density at radius 1 is 1.41 bits per heavy atom. The van der Waals surface area contributed by atoms with Gasteiger partial charge in [-0.2, -0.15) is 0 Å². The summed E-state index contributed by atoms with van der Waals surface area (Å²) >= 11 is 1.17. The quantitative estimate of drug-likeness (QED) is 0.881. The van der Waals surface area contributed by atoms with Crippen molar-refractivity contribution in [3.8, 4) is 0 Å². The highest BCUT2D eigenvalue weighted by Crippen LogP contribution is 2.32. The third-order valence-corrected chi connectivity index (χ3v) is 4.98. The molecule has 1 heterocycles. The lowest BCUT2D eigenvalue weighted by Crippen LogP contribution is -2.52. The Balaban J connectivity index is 2.40. The van der Waals surface area contributed by atoms with E-state index in [1.165, 1.54) is 24.3 Å². The van der Waals surface area contributed by atoms with Crippen LogP contribution in [0.25, 0.3) is 10.1 Å². The minimum Gasteiger partial charge on any atom is -0.480 e. The van der Waals surface area contributed by atoms with Gasteiger partial charge in [-0.3, -0.25) is 4.79 Å². The average Bonchev–Trinajstić information content (AvgIpc) is 2.77. The first-order chi connectivity index (χ1) is 10.3. The summed E-state index contributed by atoms with van der Waals surface area (Å²) in [5.74, 6) is -1.93. The molecule has 118 valence electrons. The Bertz CT molecular complexity index is 740. The largest absolute Gasteiger partial charge is 0.480 e. The van der Waals surface area contributed by atoms with Gasteiger partial charge in [-0.1, -0.05) is 19.4 Å². The van der Waals surface area contributed by atoms with Crippen LogP contribution in [0.5, 0.6) is 0 Å². The van der Waals surface area contributed by atoms with Gasteiger partial charge in [-0.05, 0) is 38.0 Å². The molecule has 0 aliphatic carbocycles. The van der Waals surface area contributed by atoms with Crippen LogP contribution < -0.4 is 5.32 Å². The normalized spacial score (nSPS) is 13.8. The van der Waals surface area contributed by atoms with Crippen molar-refractivity contribution in [1.29, 1.82) is 0 Å². The second-order valence-corrected chi connectivity index (χ2v) is 6.56. The zero-order valence-corrected chi connectivity index (χ0v) is 13.5. The van der Waals surface area contributed by atoms with Crippen molar-refractivity contribution in [1.82, 2.24) is 5.32 Å². The lowest BCUT2D eigenvalue weighted by molar-refractivity contribution is -0.144. The van der Waals surface area contributed by atoms with Crippen molar-refractivity contribution >= 4 is 33.3 Å². The zero-order valence-electron chi connectivity index (χ0n) is 12.7. The summed E-state index contributed by atoms with van der Waals surface area (Å²) in [6.07, 6.45) is 0.954. The van der Waals surface area contributed by atoms with Crippen molar-refractivity contribution < 1.29 is 19.1 Å². The minimum absolute atomic E-state index is 0.326. The summed E-state index contributed by atoms with van der Waals surface area (Å²) < 4.78 is 14.6. The van der Waals surface area contributed by atoms with Gasteiger partial charge in [0.2, 0.25) is 0 Å². The molecule has 1 unspecified atom stereocenters. The van der Waals surface area contributed by atoms with Crippen LogP contribution in [0, 0.1) is 12.7 Å². The van der Waals surface area contributed by atoms with E-state index < -0.39 is 17.4 Å². The Morgan fingerprint density at radius 3 is 2.64 bits per heavy atom. The van der Waals surface area contributed by atoms with Crippen LogP contribution in [0.1, 0.15) is 41.9 Å². The highest BCUT2D eigenvalue weighted by atomic mass is 32.1. The Labute approximate surface area is 132 Å². The van der Waals surface area contributed by atoms with E-state index >= 15 is 0 Å². The second-order valence-electron chi connectivity index (χ2n) is 5.51. The maximum absolute atomic E-state index is 13.9. The number of fused-ring (bicyclic) bond motifs is 1. The summed E-state index contributed by atoms with van der Waals surface area (Å²) in [5.41, 5.74) is -0.785. The zero-order chi connectivity index (χ0) is 16.5. The molecule has 0 radical (unpaired) electrons. The van der Waals surface area contributed by atoms with E-state index in [9.17, 15) is 19.1 Å². The molecule has 1 atom stereocenters. The van der Waals surface area contributed by atoms with E-state index in [2.05, 4.69) is 5.32 Å². The molecule has 2 aromatic rings. The van der Waals surface area contributed by atoms with E-state index in [-0.39, 0.29) is 5.82 Å². The fraction of sp³-hybridized carbons (Fsp3) is 0.375. The Kier molecular flexibility index (Phi) is 4.51. The third-order valence-electron chi connectivity index (χ3n) is 3.72. The molecule has 0 aliphatic rings. The number of benzene rings is 1. The lowest BCUT2D eigenvalue weighted by atomic mass is 9.96. The molecule has 0 saturated carbocycles. The summed E-state index contributed by atoms with van der Waals surface area (Å²) in [6, 6.07) is 4.69. The van der Waals surface area contributed by atoms with Crippen molar-refractivity contribution in [3.63, 3.8) is 0 Å². The topological polar surface area (TPSA) is 66.4 Å². The molecule has 0 spiro atoms. The van der Waals surface area contributed by atoms with E-state index in [0.717, 1.165) is 0 Å². The van der Waals surface area contributed by atoms with Gasteiger partial charge in [-0.25, -0.2) is 9.18 Å². The molecule has 0 saturated heterocycles. The molecule has 1 amide bonds. The molecule has 0 bridgehead atoms. The molecule has 6 heteroatoms. The monoisotopic (exact) mass is 323 g/mol. The molecular weight excluding hydrogens is 305 g/mol. The van der Waals surface area contributed by atoms with Crippen LogP contribution in [0.15, 0.2) is 18.2 Å². The first-order valence-electron chi connectivity index (χ1n) is 7.03. The lowest BCUT2D eigenvalue weighted by Gasteiger charge is -2.25. The van der Waals surface area contributed by atoms with Gasteiger partial charge >= 0.3 is 5.97 Å². The van der Waals surface area contributed by atoms with E-state index in [0.29, 0.717) is 33.4 Å². The average molecular weight is 323 g/mol. The van der Waals surface area contributed by atoms with Crippen LogP contribution >= 0.6 is 11.3 Å². The first kappa shape index (κ1) is 16.4. The second kappa shape index (κ2) is 6.04. The molecule has 1 aromatic heterocycles. The molecule has 4 nitrogen and oxygen atoms in total. The molecule has 0 fully saturated rings. The maximum Gasteiger partial charge on any atom is 0.329 e. The predicted molar refractivity (Wildman–Crippen MR) is 84.9 cm³/mol. The number of carbonyl (C=O) groups excluding carboxylic acids is 1. The van der Waals surface area contributed by atoms with Gasteiger partial charge in [0.15, 0.2) is 0 Å². The Hall–Kier alpha value is -1.95. The molecule has 2 rings (SSSR count). The van der Waals surface area contributed by atoms with Crippen molar-refractivity contribution in [3.05, 3.63) is 34.5 Å². The van der Waals surface area contributed by atoms with E-state index in [1.54, 1.807) is 19.1 Å². The maximum atomic E-state index is 13.9. The number of halogens is 1. The van der Waals surface area contributed by atoms with Crippen molar-refractivity contribution in [2.75, 3.05) is 0 Å². The number of nitrogens with one attached hydrogen (secondary N) is 1. The minimum atomic E-state index is -1.33. The SMILES string of the molecule is CCCC(C)(NC(=O)c1sc2cccc(F)c2c1C)C(=O)O. The molecule has 0 aliphatic heterocycles. The van der Waals surface area contributed by atoms with Crippen LogP contribution in [-0.4, -0.2) is 22.5 Å². The predicted octanol–water partition coefficient (Wildman–Crippen LogP) is 3.72. The highest BCUT2D eigenvalue weighted by molar-refractivity contribution is 7.21. The number of hydrogen-bond donors (Lipinski definition) is 2. The number of rotatable bonds is 5. The van der Waals surface area contributed by atoms with Crippen molar-refractivity contribution in [2.24, 2.45) is 0 Å². The van der Waals surface area contributed by atoms with Gasteiger partial charge in [0, 0.05) is 10.1 Å². The summed E-state index contributed by atoms with van der Waals surface area (Å²) in [7, 11) is 0.